The largest absolute Gasteiger partial charge is 1.00 e. The summed E-state index contributed by atoms with van der Waals surface area (Å²) in [6.07, 6.45) is 0.777. The van der Waals surface area contributed by atoms with Gasteiger partial charge in [-0.2, -0.15) is 0 Å². The van der Waals surface area contributed by atoms with Gasteiger partial charge >= 0.3 is 29.6 Å². The number of benzene rings is 1. The van der Waals surface area contributed by atoms with Gasteiger partial charge in [0, 0.05) is 5.92 Å². The van der Waals surface area contributed by atoms with E-state index in [1.54, 1.807) is 4.72 Å². The molecule has 0 spiro atoms. The molecule has 0 bridgehead atoms. The minimum absolute atomic E-state index is 0. The van der Waals surface area contributed by atoms with E-state index in [9.17, 15) is 13.0 Å². The van der Waals surface area contributed by atoms with E-state index in [2.05, 4.69) is 10.2 Å². The number of aromatic nitrogens is 2. The van der Waals surface area contributed by atoms with Crippen molar-refractivity contribution < 1.29 is 42.5 Å². The topological polar surface area (TPSA) is 95.0 Å². The third-order valence-electron chi connectivity index (χ3n) is 2.46. The van der Waals surface area contributed by atoms with E-state index in [-0.39, 0.29) is 40.6 Å². The van der Waals surface area contributed by atoms with E-state index in [1.165, 1.54) is 0 Å². The first-order chi connectivity index (χ1) is 8.94. The maximum absolute atomic E-state index is 10.5. The molecule has 1 aromatic heterocycles. The maximum atomic E-state index is 10.5. The average Bonchev–Trinajstić information content (AvgIpc) is 2.76. The van der Waals surface area contributed by atoms with E-state index in [1.807, 2.05) is 37.3 Å². The van der Waals surface area contributed by atoms with Crippen LogP contribution in [0.5, 0.6) is 0 Å². The molecule has 0 saturated heterocycles. The van der Waals surface area contributed by atoms with Crippen molar-refractivity contribution in [3.8, 4) is 0 Å². The van der Waals surface area contributed by atoms with Crippen molar-refractivity contribution in [1.82, 2.24) is 10.2 Å². The van der Waals surface area contributed by atoms with Gasteiger partial charge in [-0.25, -0.2) is 8.42 Å². The van der Waals surface area contributed by atoms with E-state index in [0.29, 0.717) is 5.01 Å². The van der Waals surface area contributed by atoms with Gasteiger partial charge in [-0.3, -0.25) is 4.72 Å². The van der Waals surface area contributed by atoms with Gasteiger partial charge in [0.15, 0.2) is 10.3 Å². The van der Waals surface area contributed by atoms with Crippen LogP contribution < -0.4 is 34.3 Å². The summed E-state index contributed by atoms with van der Waals surface area (Å²) in [5, 5.41) is 8.24. The van der Waals surface area contributed by atoms with Crippen LogP contribution in [0.4, 0.5) is 5.13 Å². The standard InChI is InChI=1S/C11H13N3O3S2.Na/c1-8(7-9-5-3-2-4-6-9)10-12-13-11(18-10)14-19(15,16)17;/h2-6,8H,7H2,1H3,(H,13,14)(H,15,16,17);/q;+1/p-1. The van der Waals surface area contributed by atoms with Gasteiger partial charge in [-0.15, -0.1) is 10.2 Å². The molecule has 1 atom stereocenters. The Balaban J connectivity index is 0.00000200. The molecule has 1 unspecified atom stereocenters. The Labute approximate surface area is 143 Å². The zero-order valence-corrected chi connectivity index (χ0v) is 14.7. The summed E-state index contributed by atoms with van der Waals surface area (Å²) < 4.78 is 33.4. The number of nitrogens with one attached hydrogen (secondary N) is 1. The third-order valence-corrected chi connectivity index (χ3v) is 4.10. The molecule has 1 aromatic carbocycles. The van der Waals surface area contributed by atoms with Crippen molar-refractivity contribution in [3.63, 3.8) is 0 Å². The van der Waals surface area contributed by atoms with E-state index in [0.717, 1.165) is 23.3 Å². The predicted octanol–water partition coefficient (Wildman–Crippen LogP) is -1.24. The zero-order chi connectivity index (χ0) is 13.9. The Hall–Kier alpha value is -0.510. The average molecular weight is 321 g/mol. The fourth-order valence-corrected chi connectivity index (χ4v) is 3.01. The summed E-state index contributed by atoms with van der Waals surface area (Å²) in [6.45, 7) is 1.98. The Morgan fingerprint density at radius 2 is 1.95 bits per heavy atom. The van der Waals surface area contributed by atoms with E-state index < -0.39 is 10.3 Å². The molecule has 0 aliphatic rings. The molecular formula is C11H12N3NaO3S2. The fourth-order valence-electron chi connectivity index (χ4n) is 1.64. The maximum Gasteiger partial charge on any atom is 1.00 e. The van der Waals surface area contributed by atoms with Crippen LogP contribution in [-0.2, 0) is 16.7 Å². The molecular weight excluding hydrogens is 309 g/mol. The minimum Gasteiger partial charge on any atom is -0.731 e. The molecule has 2 aromatic rings. The van der Waals surface area contributed by atoms with Gasteiger partial charge in [0.2, 0.25) is 5.13 Å². The molecule has 1 heterocycles. The van der Waals surface area contributed by atoms with Crippen LogP contribution >= 0.6 is 11.3 Å². The molecule has 0 amide bonds. The summed E-state index contributed by atoms with van der Waals surface area (Å²) in [7, 11) is -4.54. The molecule has 0 aliphatic carbocycles. The van der Waals surface area contributed by atoms with Crippen molar-refractivity contribution >= 4 is 26.8 Å². The second kappa shape index (κ2) is 7.48. The van der Waals surface area contributed by atoms with Crippen LogP contribution in [0.3, 0.4) is 0 Å². The van der Waals surface area contributed by atoms with Gasteiger partial charge in [0.1, 0.15) is 5.01 Å². The van der Waals surface area contributed by atoms with Gasteiger partial charge in [0.05, 0.1) is 0 Å². The van der Waals surface area contributed by atoms with Crippen molar-refractivity contribution in [1.29, 1.82) is 0 Å². The first-order valence-electron chi connectivity index (χ1n) is 5.55. The monoisotopic (exact) mass is 321 g/mol. The van der Waals surface area contributed by atoms with Crippen LogP contribution in [0, 0.1) is 0 Å². The predicted molar refractivity (Wildman–Crippen MR) is 71.8 cm³/mol. The summed E-state index contributed by atoms with van der Waals surface area (Å²) in [4.78, 5) is 0. The summed E-state index contributed by atoms with van der Waals surface area (Å²) in [5.74, 6) is 0.102. The van der Waals surface area contributed by atoms with Crippen LogP contribution in [0.15, 0.2) is 30.3 Å². The molecule has 0 saturated carbocycles. The fraction of sp³-hybridized carbons (Fsp3) is 0.273. The number of rotatable bonds is 5. The molecule has 1 N–H and O–H groups in total. The number of anilines is 1. The Morgan fingerprint density at radius 3 is 2.55 bits per heavy atom. The van der Waals surface area contributed by atoms with Gasteiger partial charge < -0.3 is 4.55 Å². The summed E-state index contributed by atoms with van der Waals surface area (Å²) in [5.41, 5.74) is 1.16. The van der Waals surface area contributed by atoms with E-state index in [4.69, 9.17) is 0 Å². The first kappa shape index (κ1) is 17.5. The van der Waals surface area contributed by atoms with Crippen molar-refractivity contribution in [2.75, 3.05) is 4.72 Å². The normalized spacial score (nSPS) is 12.5. The van der Waals surface area contributed by atoms with Crippen molar-refractivity contribution in [3.05, 3.63) is 40.9 Å². The molecule has 0 radical (unpaired) electrons. The second-order valence-corrected chi connectivity index (χ2v) is 6.21. The van der Waals surface area contributed by atoms with Crippen LogP contribution in [-0.4, -0.2) is 23.2 Å². The minimum atomic E-state index is -4.54. The summed E-state index contributed by atoms with van der Waals surface area (Å²) in [6, 6.07) is 9.89. The SMILES string of the molecule is CC(Cc1ccccc1)c1nnc(NS(=O)(=O)[O-])s1.[Na+]. The van der Waals surface area contributed by atoms with Crippen molar-refractivity contribution in [2.45, 2.75) is 19.3 Å². The quantitative estimate of drug-likeness (QED) is 0.549. The Morgan fingerprint density at radius 1 is 1.30 bits per heavy atom. The molecule has 102 valence electrons. The molecule has 0 fully saturated rings. The second-order valence-electron chi connectivity index (χ2n) is 4.09. The van der Waals surface area contributed by atoms with Gasteiger partial charge in [0.25, 0.3) is 0 Å². The molecule has 6 nitrogen and oxygen atoms in total. The smallest absolute Gasteiger partial charge is 0.731 e. The Kier molecular flexibility index (Phi) is 6.56. The molecule has 2 rings (SSSR count). The first-order valence-corrected chi connectivity index (χ1v) is 7.77. The number of hydrogen-bond donors (Lipinski definition) is 1. The number of hydrogen-bond acceptors (Lipinski definition) is 6. The van der Waals surface area contributed by atoms with Crippen molar-refractivity contribution in [2.24, 2.45) is 0 Å². The van der Waals surface area contributed by atoms with Crippen LogP contribution in [0.2, 0.25) is 0 Å². The Bertz CT molecular complexity index is 646. The van der Waals surface area contributed by atoms with Gasteiger partial charge in [-0.05, 0) is 12.0 Å². The van der Waals surface area contributed by atoms with Crippen LogP contribution in [0.25, 0.3) is 0 Å². The van der Waals surface area contributed by atoms with Crippen LogP contribution in [0.1, 0.15) is 23.4 Å². The molecule has 0 aliphatic heterocycles. The number of nitrogens with zero attached hydrogens (tertiary/aromatic N) is 2. The zero-order valence-electron chi connectivity index (χ0n) is 11.1. The third kappa shape index (κ3) is 5.47. The molecule has 20 heavy (non-hydrogen) atoms. The molecule has 9 heteroatoms. The summed E-state index contributed by atoms with van der Waals surface area (Å²) >= 11 is 1.07. The van der Waals surface area contributed by atoms with E-state index >= 15 is 0 Å². The van der Waals surface area contributed by atoms with Gasteiger partial charge in [-0.1, -0.05) is 48.6 Å².